The van der Waals surface area contributed by atoms with Crippen molar-refractivity contribution in [2.45, 2.75) is 43.5 Å². The molecule has 0 radical (unpaired) electrons. The molecule has 0 amide bonds. The van der Waals surface area contributed by atoms with Crippen LogP contribution in [0.5, 0.6) is 0 Å². The molecule has 35 heavy (non-hydrogen) atoms. The summed E-state index contributed by atoms with van der Waals surface area (Å²) in [4.78, 5) is 12.5. The lowest BCUT2D eigenvalue weighted by atomic mass is 9.80. The summed E-state index contributed by atoms with van der Waals surface area (Å²) in [6.45, 7) is 0.510. The van der Waals surface area contributed by atoms with Gasteiger partial charge in [-0.1, -0.05) is 121 Å². The molecule has 5 rings (SSSR count). The van der Waals surface area contributed by atoms with Gasteiger partial charge in [0.1, 0.15) is 6.10 Å². The zero-order valence-corrected chi connectivity index (χ0v) is 19.7. The Kier molecular flexibility index (Phi) is 7.35. The van der Waals surface area contributed by atoms with Crippen LogP contribution in [-0.4, -0.2) is 12.1 Å². The van der Waals surface area contributed by atoms with Crippen molar-refractivity contribution in [3.8, 4) is 0 Å². The van der Waals surface area contributed by atoms with Gasteiger partial charge in [-0.25, -0.2) is 0 Å². The molecule has 1 aliphatic rings. The first kappa shape index (κ1) is 23.1. The maximum Gasteiger partial charge on any atom is 0.306 e. The zero-order valence-electron chi connectivity index (χ0n) is 19.7. The zero-order chi connectivity index (χ0) is 23.9. The van der Waals surface area contributed by atoms with Gasteiger partial charge in [-0.2, -0.15) is 0 Å². The predicted octanol–water partition coefficient (Wildman–Crippen LogP) is 7.22. The summed E-state index contributed by atoms with van der Waals surface area (Å²) in [6.07, 6.45) is 0.706. The molecule has 3 heteroatoms. The van der Waals surface area contributed by atoms with Gasteiger partial charge in [0, 0.05) is 11.8 Å². The van der Waals surface area contributed by atoms with E-state index in [0.29, 0.717) is 19.4 Å². The normalized spacial score (nSPS) is 19.1. The first-order valence-electron chi connectivity index (χ1n) is 12.3. The Bertz CT molecular complexity index is 1190. The van der Waals surface area contributed by atoms with Crippen molar-refractivity contribution in [2.75, 3.05) is 0 Å². The smallest absolute Gasteiger partial charge is 0.306 e. The molecule has 0 unspecified atom stereocenters. The van der Waals surface area contributed by atoms with Crippen molar-refractivity contribution in [2.24, 2.45) is 0 Å². The number of esters is 1. The third-order valence-corrected chi connectivity index (χ3v) is 6.83. The van der Waals surface area contributed by atoms with E-state index in [2.05, 4.69) is 72.8 Å². The van der Waals surface area contributed by atoms with Crippen LogP contribution in [0.3, 0.4) is 0 Å². The van der Waals surface area contributed by atoms with Gasteiger partial charge >= 0.3 is 5.97 Å². The van der Waals surface area contributed by atoms with Crippen molar-refractivity contribution < 1.29 is 14.3 Å². The van der Waals surface area contributed by atoms with Gasteiger partial charge in [0.25, 0.3) is 0 Å². The summed E-state index contributed by atoms with van der Waals surface area (Å²) < 4.78 is 12.6. The topological polar surface area (TPSA) is 35.5 Å². The Morgan fingerprint density at radius 1 is 0.714 bits per heavy atom. The van der Waals surface area contributed by atoms with Crippen molar-refractivity contribution in [1.82, 2.24) is 0 Å². The molecule has 0 N–H and O–H groups in total. The lowest BCUT2D eigenvalue weighted by molar-refractivity contribution is -0.142. The average Bonchev–Trinajstić information content (AvgIpc) is 3.30. The van der Waals surface area contributed by atoms with E-state index in [1.165, 1.54) is 5.56 Å². The number of carbonyl (C=O) groups excluding carboxylic acids is 1. The standard InChI is InChI=1S/C32H30O3/c33-31-22-28(25-15-7-2-8-16-25)30(35-31)21-29(26-17-9-3-10-18-26)32(27-19-11-4-12-20-27)34-23-24-13-5-1-6-14-24/h1-20,28-30,32H,21-23H2/t28-,29-,30-,32-/m1/s1. The fraction of sp³-hybridized carbons (Fsp3) is 0.219. The van der Waals surface area contributed by atoms with Crippen molar-refractivity contribution in [1.29, 1.82) is 0 Å². The third-order valence-electron chi connectivity index (χ3n) is 6.83. The molecule has 176 valence electrons. The van der Waals surface area contributed by atoms with Crippen LogP contribution in [0.25, 0.3) is 0 Å². The van der Waals surface area contributed by atoms with E-state index in [0.717, 1.165) is 16.7 Å². The summed E-state index contributed by atoms with van der Waals surface area (Å²) in [5.74, 6) is -0.0676. The molecule has 4 atom stereocenters. The second-order valence-corrected chi connectivity index (χ2v) is 9.13. The number of ether oxygens (including phenoxy) is 2. The fourth-order valence-corrected chi connectivity index (χ4v) is 5.09. The highest BCUT2D eigenvalue weighted by molar-refractivity contribution is 5.73. The molecule has 1 fully saturated rings. The van der Waals surface area contributed by atoms with E-state index in [9.17, 15) is 4.79 Å². The number of carbonyl (C=O) groups is 1. The van der Waals surface area contributed by atoms with E-state index in [4.69, 9.17) is 9.47 Å². The fourth-order valence-electron chi connectivity index (χ4n) is 5.09. The molecule has 0 aromatic heterocycles. The first-order valence-corrected chi connectivity index (χ1v) is 12.3. The van der Waals surface area contributed by atoms with E-state index in [-0.39, 0.29) is 30.0 Å². The molecule has 0 aliphatic carbocycles. The summed E-state index contributed by atoms with van der Waals surface area (Å²) in [7, 11) is 0. The summed E-state index contributed by atoms with van der Waals surface area (Å²) in [5.41, 5.74) is 4.59. The van der Waals surface area contributed by atoms with Gasteiger partial charge < -0.3 is 9.47 Å². The molecule has 4 aromatic carbocycles. The van der Waals surface area contributed by atoms with E-state index >= 15 is 0 Å². The number of hydrogen-bond acceptors (Lipinski definition) is 3. The van der Waals surface area contributed by atoms with Crippen molar-refractivity contribution >= 4 is 5.97 Å². The highest BCUT2D eigenvalue weighted by Crippen LogP contribution is 2.43. The van der Waals surface area contributed by atoms with E-state index in [1.807, 2.05) is 48.5 Å². The monoisotopic (exact) mass is 462 g/mol. The van der Waals surface area contributed by atoms with Crippen LogP contribution in [-0.2, 0) is 20.9 Å². The van der Waals surface area contributed by atoms with Gasteiger partial charge in [0.05, 0.1) is 19.1 Å². The minimum atomic E-state index is -0.207. The number of cyclic esters (lactones) is 1. The lowest BCUT2D eigenvalue weighted by Crippen LogP contribution is -2.24. The van der Waals surface area contributed by atoms with E-state index < -0.39 is 0 Å². The minimum Gasteiger partial charge on any atom is -0.462 e. The minimum absolute atomic E-state index is 0.0180. The molecular weight excluding hydrogens is 432 g/mol. The molecule has 0 spiro atoms. The molecular formula is C32H30O3. The Morgan fingerprint density at radius 3 is 1.89 bits per heavy atom. The van der Waals surface area contributed by atoms with Gasteiger partial charge in [-0.05, 0) is 28.7 Å². The molecule has 3 nitrogen and oxygen atoms in total. The highest BCUT2D eigenvalue weighted by Gasteiger charge is 2.39. The van der Waals surface area contributed by atoms with Crippen molar-refractivity contribution in [3.05, 3.63) is 144 Å². The van der Waals surface area contributed by atoms with Crippen LogP contribution >= 0.6 is 0 Å². The van der Waals surface area contributed by atoms with Crippen LogP contribution < -0.4 is 0 Å². The molecule has 4 aromatic rings. The molecule has 1 aliphatic heterocycles. The molecule has 1 heterocycles. The van der Waals surface area contributed by atoms with Gasteiger partial charge in [-0.3, -0.25) is 4.79 Å². The molecule has 1 saturated heterocycles. The Hall–Kier alpha value is -3.69. The van der Waals surface area contributed by atoms with Crippen molar-refractivity contribution in [3.63, 3.8) is 0 Å². The van der Waals surface area contributed by atoms with Crippen LogP contribution in [0.2, 0.25) is 0 Å². The maximum absolute atomic E-state index is 12.5. The van der Waals surface area contributed by atoms with Crippen LogP contribution in [0.15, 0.2) is 121 Å². The lowest BCUT2D eigenvalue weighted by Gasteiger charge is -2.31. The van der Waals surface area contributed by atoms with Crippen LogP contribution in [0, 0.1) is 0 Å². The SMILES string of the molecule is O=C1C[C@H](c2ccccc2)[C@@H](C[C@H](c2ccccc2)[C@H](OCc2ccccc2)c2ccccc2)O1. The van der Waals surface area contributed by atoms with Gasteiger partial charge in [0.15, 0.2) is 0 Å². The second kappa shape index (κ2) is 11.2. The molecule has 0 saturated carbocycles. The largest absolute Gasteiger partial charge is 0.462 e. The summed E-state index contributed by atoms with van der Waals surface area (Å²) >= 11 is 0. The highest BCUT2D eigenvalue weighted by atomic mass is 16.6. The Morgan fingerprint density at radius 2 is 1.26 bits per heavy atom. The van der Waals surface area contributed by atoms with Gasteiger partial charge in [-0.15, -0.1) is 0 Å². The maximum atomic E-state index is 12.5. The first-order chi connectivity index (χ1) is 17.3. The van der Waals surface area contributed by atoms with Crippen LogP contribution in [0.1, 0.15) is 53.0 Å². The quantitative estimate of drug-likeness (QED) is 0.246. The summed E-state index contributed by atoms with van der Waals surface area (Å²) in [6, 6.07) is 41.4. The molecule has 0 bridgehead atoms. The van der Waals surface area contributed by atoms with Gasteiger partial charge in [0.2, 0.25) is 0 Å². The van der Waals surface area contributed by atoms with Crippen LogP contribution in [0.4, 0.5) is 0 Å². The predicted molar refractivity (Wildman–Crippen MR) is 138 cm³/mol. The number of hydrogen-bond donors (Lipinski definition) is 0. The Labute approximate surface area is 207 Å². The summed E-state index contributed by atoms with van der Waals surface area (Å²) in [5, 5.41) is 0. The van der Waals surface area contributed by atoms with E-state index in [1.54, 1.807) is 0 Å². The number of rotatable bonds is 9. The average molecular weight is 463 g/mol. The third kappa shape index (κ3) is 5.70. The number of benzene rings is 4. The Balaban J connectivity index is 1.49. The second-order valence-electron chi connectivity index (χ2n) is 9.13.